The maximum atomic E-state index is 11.8. The van der Waals surface area contributed by atoms with Gasteiger partial charge in [-0.3, -0.25) is 4.98 Å². The molecule has 0 saturated heterocycles. The number of hydrogen-bond donors (Lipinski definition) is 0. The largest absolute Gasteiger partial charge is 0.440 e. The van der Waals surface area contributed by atoms with Crippen LogP contribution in [0.15, 0.2) is 24.4 Å². The lowest BCUT2D eigenvalue weighted by Crippen LogP contribution is -2.32. The molecule has 1 aromatic rings. The zero-order chi connectivity index (χ0) is 13.6. The Balaban J connectivity index is 2.32. The molecule has 1 rings (SSSR count). The molecule has 0 radical (unpaired) electrons. The van der Waals surface area contributed by atoms with Gasteiger partial charge in [-0.1, -0.05) is 6.07 Å². The van der Waals surface area contributed by atoms with Gasteiger partial charge in [0.05, 0.1) is 0 Å². The predicted molar refractivity (Wildman–Crippen MR) is 58.0 cm³/mol. The molecule has 4 nitrogen and oxygen atoms in total. The Morgan fingerprint density at radius 1 is 1.44 bits per heavy atom. The quantitative estimate of drug-likeness (QED) is 0.835. The lowest BCUT2D eigenvalue weighted by molar-refractivity contribution is -0.162. The number of carbonyl (C=O) groups is 1. The van der Waals surface area contributed by atoms with Crippen LogP contribution < -0.4 is 0 Å². The van der Waals surface area contributed by atoms with E-state index in [4.69, 9.17) is 0 Å². The van der Waals surface area contributed by atoms with Gasteiger partial charge in [0.1, 0.15) is 0 Å². The number of aromatic nitrogens is 1. The molecule has 1 aromatic heterocycles. The van der Waals surface area contributed by atoms with Gasteiger partial charge in [-0.05, 0) is 12.1 Å². The summed E-state index contributed by atoms with van der Waals surface area (Å²) in [5.41, 5.74) is 0.757. The maximum absolute atomic E-state index is 11.8. The van der Waals surface area contributed by atoms with Gasteiger partial charge in [0.2, 0.25) is 0 Å². The van der Waals surface area contributed by atoms with Crippen molar-refractivity contribution in [1.82, 2.24) is 9.88 Å². The summed E-state index contributed by atoms with van der Waals surface area (Å²) in [7, 11) is 1.38. The summed E-state index contributed by atoms with van der Waals surface area (Å²) < 4.78 is 39.6. The van der Waals surface area contributed by atoms with Crippen LogP contribution in [0.3, 0.4) is 0 Å². The molecule has 0 unspecified atom stereocenters. The molecule has 1 amide bonds. The first-order valence-corrected chi connectivity index (χ1v) is 5.23. The molecule has 0 aliphatic heterocycles. The summed E-state index contributed by atoms with van der Waals surface area (Å²) in [5, 5.41) is 0. The van der Waals surface area contributed by atoms with Gasteiger partial charge in [-0.2, -0.15) is 13.2 Å². The molecule has 0 atom stereocenters. The van der Waals surface area contributed by atoms with Gasteiger partial charge < -0.3 is 9.64 Å². The Hall–Kier alpha value is -1.79. The topological polar surface area (TPSA) is 42.4 Å². The summed E-state index contributed by atoms with van der Waals surface area (Å²) in [6.45, 7) is -1.33. The second-order valence-electron chi connectivity index (χ2n) is 3.66. The Bertz CT molecular complexity index is 382. The molecule has 0 fully saturated rings. The SMILES string of the molecule is CN(CCc1ccccn1)C(=O)OCC(F)(F)F. The van der Waals surface area contributed by atoms with Gasteiger partial charge in [-0.15, -0.1) is 0 Å². The van der Waals surface area contributed by atoms with Crippen molar-refractivity contribution in [1.29, 1.82) is 0 Å². The van der Waals surface area contributed by atoms with Gasteiger partial charge in [0, 0.05) is 31.9 Å². The molecule has 0 saturated carbocycles. The molecule has 7 heteroatoms. The van der Waals surface area contributed by atoms with Crippen molar-refractivity contribution in [2.75, 3.05) is 20.2 Å². The van der Waals surface area contributed by atoms with Crippen LogP contribution in [-0.2, 0) is 11.2 Å². The smallest absolute Gasteiger partial charge is 0.422 e. The normalized spacial score (nSPS) is 11.1. The number of likely N-dealkylation sites (N-methyl/N-ethyl adjacent to an activating group) is 1. The van der Waals surface area contributed by atoms with Crippen molar-refractivity contribution in [3.8, 4) is 0 Å². The van der Waals surface area contributed by atoms with Crippen LogP contribution in [0, 0.1) is 0 Å². The van der Waals surface area contributed by atoms with Crippen LogP contribution in [0.2, 0.25) is 0 Å². The van der Waals surface area contributed by atoms with Crippen LogP contribution in [0.25, 0.3) is 0 Å². The third-order valence-electron chi connectivity index (χ3n) is 2.10. The van der Waals surface area contributed by atoms with E-state index >= 15 is 0 Å². The summed E-state index contributed by atoms with van der Waals surface area (Å²) in [6.07, 6.45) is -3.43. The lowest BCUT2D eigenvalue weighted by atomic mass is 10.2. The van der Waals surface area contributed by atoms with E-state index < -0.39 is 18.9 Å². The molecule has 0 N–H and O–H groups in total. The molecular weight excluding hydrogens is 249 g/mol. The van der Waals surface area contributed by atoms with Gasteiger partial charge in [0.25, 0.3) is 0 Å². The second-order valence-corrected chi connectivity index (χ2v) is 3.66. The highest BCUT2D eigenvalue weighted by molar-refractivity contribution is 5.67. The van der Waals surface area contributed by atoms with Gasteiger partial charge >= 0.3 is 12.3 Å². The fourth-order valence-corrected chi connectivity index (χ4v) is 1.17. The molecule has 1 heterocycles. The zero-order valence-electron chi connectivity index (χ0n) is 9.78. The van der Waals surface area contributed by atoms with Crippen molar-refractivity contribution < 1.29 is 22.7 Å². The van der Waals surface area contributed by atoms with E-state index in [1.54, 1.807) is 24.4 Å². The maximum Gasteiger partial charge on any atom is 0.422 e. The van der Waals surface area contributed by atoms with Gasteiger partial charge in [0.15, 0.2) is 6.61 Å². The Labute approximate surface area is 102 Å². The minimum atomic E-state index is -4.50. The Morgan fingerprint density at radius 2 is 2.17 bits per heavy atom. The monoisotopic (exact) mass is 262 g/mol. The number of nitrogens with zero attached hydrogens (tertiary/aromatic N) is 2. The highest BCUT2D eigenvalue weighted by Crippen LogP contribution is 2.14. The number of rotatable bonds is 4. The van der Waals surface area contributed by atoms with Crippen LogP contribution in [-0.4, -0.2) is 42.4 Å². The number of alkyl halides is 3. The summed E-state index contributed by atoms with van der Waals surface area (Å²) >= 11 is 0. The minimum Gasteiger partial charge on any atom is -0.440 e. The molecular formula is C11H13F3N2O2. The van der Waals surface area contributed by atoms with E-state index in [-0.39, 0.29) is 6.54 Å². The Morgan fingerprint density at radius 3 is 2.72 bits per heavy atom. The van der Waals surface area contributed by atoms with Crippen LogP contribution in [0.5, 0.6) is 0 Å². The minimum absolute atomic E-state index is 0.244. The fraction of sp³-hybridized carbons (Fsp3) is 0.455. The third-order valence-corrected chi connectivity index (χ3v) is 2.10. The molecule has 0 aliphatic rings. The van der Waals surface area contributed by atoms with E-state index in [1.807, 2.05) is 0 Å². The first-order chi connectivity index (χ1) is 8.38. The molecule has 0 spiro atoms. The number of amides is 1. The number of pyridine rings is 1. The van der Waals surface area contributed by atoms with E-state index in [0.29, 0.717) is 6.42 Å². The molecule has 18 heavy (non-hydrogen) atoms. The zero-order valence-corrected chi connectivity index (χ0v) is 9.78. The number of hydrogen-bond acceptors (Lipinski definition) is 3. The average Bonchev–Trinajstić information content (AvgIpc) is 2.33. The second kappa shape index (κ2) is 6.23. The van der Waals surface area contributed by atoms with Crippen molar-refractivity contribution >= 4 is 6.09 Å². The number of ether oxygens (including phenoxy) is 1. The van der Waals surface area contributed by atoms with Crippen molar-refractivity contribution in [3.63, 3.8) is 0 Å². The fourth-order valence-electron chi connectivity index (χ4n) is 1.17. The highest BCUT2D eigenvalue weighted by Gasteiger charge is 2.30. The lowest BCUT2D eigenvalue weighted by Gasteiger charge is -2.17. The van der Waals surface area contributed by atoms with E-state index in [0.717, 1.165) is 10.6 Å². The van der Waals surface area contributed by atoms with E-state index in [9.17, 15) is 18.0 Å². The van der Waals surface area contributed by atoms with Crippen LogP contribution >= 0.6 is 0 Å². The molecule has 0 aromatic carbocycles. The van der Waals surface area contributed by atoms with Crippen molar-refractivity contribution in [2.24, 2.45) is 0 Å². The van der Waals surface area contributed by atoms with Crippen LogP contribution in [0.1, 0.15) is 5.69 Å². The molecule has 0 bridgehead atoms. The summed E-state index contributed by atoms with van der Waals surface area (Å²) in [4.78, 5) is 16.3. The van der Waals surface area contributed by atoms with Crippen LogP contribution in [0.4, 0.5) is 18.0 Å². The standard InChI is InChI=1S/C11H13F3N2O2/c1-16(10(17)18-8-11(12,13)14)7-5-9-4-2-3-6-15-9/h2-4,6H,5,7-8H2,1H3. The van der Waals surface area contributed by atoms with Crippen molar-refractivity contribution in [3.05, 3.63) is 30.1 Å². The summed E-state index contributed by atoms with van der Waals surface area (Å²) in [6, 6.07) is 5.32. The van der Waals surface area contributed by atoms with Crippen molar-refractivity contribution in [2.45, 2.75) is 12.6 Å². The number of halogens is 3. The van der Waals surface area contributed by atoms with E-state index in [1.165, 1.54) is 7.05 Å². The third kappa shape index (κ3) is 5.51. The first kappa shape index (κ1) is 14.3. The highest BCUT2D eigenvalue weighted by atomic mass is 19.4. The average molecular weight is 262 g/mol. The molecule has 100 valence electrons. The predicted octanol–water partition coefficient (Wildman–Crippen LogP) is 2.25. The number of carbonyl (C=O) groups excluding carboxylic acids is 1. The Kier molecular flexibility index (Phi) is 4.94. The molecule has 0 aliphatic carbocycles. The summed E-state index contributed by atoms with van der Waals surface area (Å²) in [5.74, 6) is 0. The van der Waals surface area contributed by atoms with E-state index in [2.05, 4.69) is 9.72 Å². The first-order valence-electron chi connectivity index (χ1n) is 5.23. The van der Waals surface area contributed by atoms with Gasteiger partial charge in [-0.25, -0.2) is 4.79 Å².